The fraction of sp³-hybridized carbons (Fsp3) is 0.412. The number of benzene rings is 1. The summed E-state index contributed by atoms with van der Waals surface area (Å²) in [6.07, 6.45) is 2.32. The molecular weight excluding hydrogens is 264 g/mol. The van der Waals surface area contributed by atoms with Gasteiger partial charge in [-0.15, -0.1) is 6.58 Å². The number of carbonyl (C=O) groups is 2. The molecule has 1 fully saturated rings. The van der Waals surface area contributed by atoms with E-state index in [9.17, 15) is 9.59 Å². The molecule has 1 aromatic rings. The Balaban J connectivity index is 2.24. The van der Waals surface area contributed by atoms with E-state index in [1.54, 1.807) is 15.9 Å². The molecule has 1 aliphatic heterocycles. The Morgan fingerprint density at radius 3 is 2.71 bits per heavy atom. The summed E-state index contributed by atoms with van der Waals surface area (Å²) in [5, 5.41) is 0. The second-order valence-electron chi connectivity index (χ2n) is 5.23. The number of hydrogen-bond acceptors (Lipinski definition) is 2. The Kier molecular flexibility index (Phi) is 4.78. The van der Waals surface area contributed by atoms with Crippen molar-refractivity contribution in [3.63, 3.8) is 0 Å². The van der Waals surface area contributed by atoms with Crippen LogP contribution in [0.4, 0.5) is 5.69 Å². The van der Waals surface area contributed by atoms with E-state index in [4.69, 9.17) is 0 Å². The van der Waals surface area contributed by atoms with E-state index in [-0.39, 0.29) is 17.7 Å². The van der Waals surface area contributed by atoms with E-state index < -0.39 is 0 Å². The Morgan fingerprint density at radius 1 is 1.43 bits per heavy atom. The molecule has 0 N–H and O–H groups in total. The lowest BCUT2D eigenvalue weighted by Gasteiger charge is -2.21. The van der Waals surface area contributed by atoms with Gasteiger partial charge in [-0.2, -0.15) is 0 Å². The number of rotatable bonds is 5. The highest BCUT2D eigenvalue weighted by Crippen LogP contribution is 2.26. The lowest BCUT2D eigenvalue weighted by Crippen LogP contribution is -2.31. The van der Waals surface area contributed by atoms with Gasteiger partial charge in [-0.1, -0.05) is 12.1 Å². The highest BCUT2D eigenvalue weighted by Gasteiger charge is 2.29. The molecule has 0 saturated carbocycles. The van der Waals surface area contributed by atoms with Crippen LogP contribution in [-0.4, -0.2) is 36.3 Å². The molecule has 21 heavy (non-hydrogen) atoms. The molecule has 4 heteroatoms. The van der Waals surface area contributed by atoms with Gasteiger partial charge in [0.05, 0.1) is 0 Å². The Labute approximate surface area is 126 Å². The van der Waals surface area contributed by atoms with Gasteiger partial charge >= 0.3 is 0 Å². The maximum atomic E-state index is 12.4. The average molecular weight is 286 g/mol. The molecule has 1 unspecified atom stereocenters. The third-order valence-electron chi connectivity index (χ3n) is 3.94. The summed E-state index contributed by atoms with van der Waals surface area (Å²) in [5.41, 5.74) is 1.42. The molecule has 0 aromatic heterocycles. The summed E-state index contributed by atoms with van der Waals surface area (Å²) in [6.45, 7) is 9.69. The maximum absolute atomic E-state index is 12.4. The van der Waals surface area contributed by atoms with Crippen molar-refractivity contribution < 1.29 is 9.59 Å². The second-order valence-corrected chi connectivity index (χ2v) is 5.23. The van der Waals surface area contributed by atoms with Crippen LogP contribution in [0.2, 0.25) is 0 Å². The van der Waals surface area contributed by atoms with Crippen LogP contribution in [0.25, 0.3) is 0 Å². The lowest BCUT2D eigenvalue weighted by molar-refractivity contribution is -0.117. The fourth-order valence-corrected chi connectivity index (χ4v) is 2.64. The Hall–Kier alpha value is -2.10. The topological polar surface area (TPSA) is 40.6 Å². The number of anilines is 1. The first-order valence-corrected chi connectivity index (χ1v) is 7.42. The summed E-state index contributed by atoms with van der Waals surface area (Å²) in [5.74, 6) is 0.292. The highest BCUT2D eigenvalue weighted by molar-refractivity contribution is 5.99. The minimum atomic E-state index is 0.00812. The van der Waals surface area contributed by atoms with E-state index >= 15 is 0 Å². The summed E-state index contributed by atoms with van der Waals surface area (Å²) < 4.78 is 0. The average Bonchev–Trinajstić information content (AvgIpc) is 2.89. The number of hydrogen-bond donors (Lipinski definition) is 0. The first kappa shape index (κ1) is 15.3. The molecule has 2 amide bonds. The smallest absolute Gasteiger partial charge is 0.253 e. The largest absolute Gasteiger partial charge is 0.339 e. The predicted octanol–water partition coefficient (Wildman–Crippen LogP) is 2.71. The monoisotopic (exact) mass is 286 g/mol. The van der Waals surface area contributed by atoms with Gasteiger partial charge in [0.2, 0.25) is 5.91 Å². The van der Waals surface area contributed by atoms with Gasteiger partial charge in [0.25, 0.3) is 5.91 Å². The molecule has 112 valence electrons. The molecule has 2 rings (SSSR count). The van der Waals surface area contributed by atoms with Gasteiger partial charge in [0.1, 0.15) is 0 Å². The first-order chi connectivity index (χ1) is 10.1. The van der Waals surface area contributed by atoms with Crippen molar-refractivity contribution >= 4 is 17.5 Å². The third kappa shape index (κ3) is 3.15. The third-order valence-corrected chi connectivity index (χ3v) is 3.94. The van der Waals surface area contributed by atoms with Crippen molar-refractivity contribution in [2.45, 2.75) is 20.3 Å². The van der Waals surface area contributed by atoms with Crippen LogP contribution < -0.4 is 4.90 Å². The van der Waals surface area contributed by atoms with Crippen LogP contribution in [0, 0.1) is 5.92 Å². The van der Waals surface area contributed by atoms with Crippen molar-refractivity contribution in [1.82, 2.24) is 4.90 Å². The molecular formula is C17H22N2O2. The summed E-state index contributed by atoms with van der Waals surface area (Å²) in [4.78, 5) is 28.0. The number of nitrogens with zero attached hydrogens (tertiary/aromatic N) is 2. The van der Waals surface area contributed by atoms with E-state index in [1.165, 1.54) is 0 Å². The molecule has 0 aliphatic carbocycles. The zero-order valence-electron chi connectivity index (χ0n) is 12.7. The van der Waals surface area contributed by atoms with Gasteiger partial charge in [0.15, 0.2) is 0 Å². The van der Waals surface area contributed by atoms with Crippen molar-refractivity contribution in [3.05, 3.63) is 42.5 Å². The lowest BCUT2D eigenvalue weighted by atomic mass is 10.1. The zero-order chi connectivity index (χ0) is 15.4. The number of amides is 2. The minimum absolute atomic E-state index is 0.00812. The van der Waals surface area contributed by atoms with Crippen molar-refractivity contribution in [2.24, 2.45) is 5.92 Å². The zero-order valence-corrected chi connectivity index (χ0v) is 12.7. The van der Waals surface area contributed by atoms with Crippen LogP contribution in [0.3, 0.4) is 0 Å². The van der Waals surface area contributed by atoms with E-state index in [2.05, 4.69) is 6.58 Å². The first-order valence-electron chi connectivity index (χ1n) is 7.42. The normalized spacial score (nSPS) is 17.9. The molecule has 1 saturated heterocycles. The van der Waals surface area contributed by atoms with Gasteiger partial charge < -0.3 is 9.80 Å². The molecule has 1 atom stereocenters. The van der Waals surface area contributed by atoms with Gasteiger partial charge in [-0.25, -0.2) is 0 Å². The van der Waals surface area contributed by atoms with Crippen LogP contribution in [0.5, 0.6) is 0 Å². The predicted molar refractivity (Wildman–Crippen MR) is 84.4 cm³/mol. The molecule has 1 aliphatic rings. The van der Waals surface area contributed by atoms with Crippen molar-refractivity contribution in [2.75, 3.05) is 24.5 Å². The molecule has 0 bridgehead atoms. The molecule has 1 aromatic carbocycles. The van der Waals surface area contributed by atoms with E-state index in [0.717, 1.165) is 5.69 Å². The standard InChI is InChI=1S/C17H22N2O2/c1-4-13-10-16(20)19(12-13)15-9-7-8-14(11-15)17(21)18(5-2)6-3/h4,7-9,11,13H,1,5-6,10,12H2,2-3H3. The van der Waals surface area contributed by atoms with Gasteiger partial charge in [-0.3, -0.25) is 9.59 Å². The fourth-order valence-electron chi connectivity index (χ4n) is 2.64. The van der Waals surface area contributed by atoms with Crippen LogP contribution in [0.15, 0.2) is 36.9 Å². The second kappa shape index (κ2) is 6.57. The van der Waals surface area contributed by atoms with Crippen LogP contribution in [-0.2, 0) is 4.79 Å². The van der Waals surface area contributed by atoms with E-state index in [0.29, 0.717) is 31.6 Å². The Morgan fingerprint density at radius 2 is 2.14 bits per heavy atom. The van der Waals surface area contributed by atoms with Crippen LogP contribution in [0.1, 0.15) is 30.6 Å². The highest BCUT2D eigenvalue weighted by atomic mass is 16.2. The van der Waals surface area contributed by atoms with Gasteiger partial charge in [0, 0.05) is 43.2 Å². The van der Waals surface area contributed by atoms with Crippen LogP contribution >= 0.6 is 0 Å². The van der Waals surface area contributed by atoms with Crippen molar-refractivity contribution in [3.8, 4) is 0 Å². The minimum Gasteiger partial charge on any atom is -0.339 e. The Bertz CT molecular complexity index is 549. The summed E-state index contributed by atoms with van der Waals surface area (Å²) >= 11 is 0. The maximum Gasteiger partial charge on any atom is 0.253 e. The van der Waals surface area contributed by atoms with Gasteiger partial charge in [-0.05, 0) is 32.0 Å². The summed E-state index contributed by atoms with van der Waals surface area (Å²) in [6, 6.07) is 7.32. The number of carbonyl (C=O) groups excluding carboxylic acids is 2. The molecule has 0 spiro atoms. The quantitative estimate of drug-likeness (QED) is 0.781. The van der Waals surface area contributed by atoms with Crippen molar-refractivity contribution in [1.29, 1.82) is 0 Å². The molecule has 1 heterocycles. The summed E-state index contributed by atoms with van der Waals surface area (Å²) in [7, 11) is 0. The molecule has 4 nitrogen and oxygen atoms in total. The molecule has 0 radical (unpaired) electrons. The van der Waals surface area contributed by atoms with E-state index in [1.807, 2.05) is 38.1 Å². The SMILES string of the molecule is C=CC1CC(=O)N(c2cccc(C(=O)N(CC)CC)c2)C1.